The molecule has 20 heavy (non-hydrogen) atoms. The molecule has 0 radical (unpaired) electrons. The molecule has 0 aliphatic heterocycles. The van der Waals surface area contributed by atoms with Crippen molar-refractivity contribution in [3.63, 3.8) is 0 Å². The van der Waals surface area contributed by atoms with E-state index >= 15 is 0 Å². The molecule has 0 aliphatic rings. The lowest BCUT2D eigenvalue weighted by atomic mass is 9.81. The van der Waals surface area contributed by atoms with Crippen LogP contribution in [0, 0.1) is 6.92 Å². The van der Waals surface area contributed by atoms with Gasteiger partial charge in [0.1, 0.15) is 0 Å². The van der Waals surface area contributed by atoms with Crippen molar-refractivity contribution in [3.05, 3.63) is 16.1 Å². The zero-order chi connectivity index (χ0) is 15.2. The van der Waals surface area contributed by atoms with E-state index in [1.807, 2.05) is 0 Å². The smallest absolute Gasteiger partial charge is 0.0944 e. The number of nitrogens with zero attached hydrogens (tertiary/aromatic N) is 2. The highest BCUT2D eigenvalue weighted by molar-refractivity contribution is 7.09. The van der Waals surface area contributed by atoms with Crippen molar-refractivity contribution in [2.75, 3.05) is 20.1 Å². The molecule has 1 unspecified atom stereocenters. The summed E-state index contributed by atoms with van der Waals surface area (Å²) in [5, 5.41) is 6.98. The quantitative estimate of drug-likeness (QED) is 0.756. The van der Waals surface area contributed by atoms with Crippen LogP contribution >= 0.6 is 11.3 Å². The predicted molar refractivity (Wildman–Crippen MR) is 89.6 cm³/mol. The monoisotopic (exact) mass is 297 g/mol. The molecule has 0 aromatic carbocycles. The van der Waals surface area contributed by atoms with Gasteiger partial charge in [-0.05, 0) is 39.9 Å². The number of hydrogen-bond acceptors (Lipinski definition) is 4. The molecular weight excluding hydrogens is 266 g/mol. The molecule has 1 aromatic rings. The van der Waals surface area contributed by atoms with Crippen LogP contribution in [-0.4, -0.2) is 41.6 Å². The molecule has 0 saturated carbocycles. The van der Waals surface area contributed by atoms with Crippen LogP contribution in [0.3, 0.4) is 0 Å². The molecule has 0 spiro atoms. The molecule has 0 amide bonds. The number of aromatic nitrogens is 1. The third-order valence-electron chi connectivity index (χ3n) is 4.66. The first-order chi connectivity index (χ1) is 9.57. The molecule has 0 aliphatic carbocycles. The van der Waals surface area contributed by atoms with Gasteiger partial charge in [-0.25, -0.2) is 4.98 Å². The predicted octanol–water partition coefficient (Wildman–Crippen LogP) is 3.48. The third kappa shape index (κ3) is 3.60. The van der Waals surface area contributed by atoms with E-state index in [1.54, 1.807) is 11.3 Å². The summed E-state index contributed by atoms with van der Waals surface area (Å²) < 4.78 is 0. The van der Waals surface area contributed by atoms with Crippen LogP contribution in [0.2, 0.25) is 0 Å². The minimum atomic E-state index is 0.220. The SMILES string of the molecule is CCN(CC)C(CC)(CC)C(Cc1nc(C)cs1)NC. The zero-order valence-corrected chi connectivity index (χ0v) is 14.8. The summed E-state index contributed by atoms with van der Waals surface area (Å²) in [6.45, 7) is 13.5. The fourth-order valence-electron chi connectivity index (χ4n) is 3.50. The highest BCUT2D eigenvalue weighted by atomic mass is 32.1. The Bertz CT molecular complexity index is 381. The van der Waals surface area contributed by atoms with E-state index < -0.39 is 0 Å². The Labute approximate surface area is 128 Å². The van der Waals surface area contributed by atoms with E-state index in [-0.39, 0.29) is 5.54 Å². The first kappa shape index (κ1) is 17.6. The Hall–Kier alpha value is -0.450. The third-order valence-corrected chi connectivity index (χ3v) is 5.65. The molecule has 4 heteroatoms. The topological polar surface area (TPSA) is 28.2 Å². The molecule has 1 aromatic heterocycles. The van der Waals surface area contributed by atoms with Gasteiger partial charge < -0.3 is 5.32 Å². The summed E-state index contributed by atoms with van der Waals surface area (Å²) in [7, 11) is 2.09. The Morgan fingerprint density at radius 1 is 1.25 bits per heavy atom. The van der Waals surface area contributed by atoms with E-state index in [2.05, 4.69) is 62.2 Å². The summed E-state index contributed by atoms with van der Waals surface area (Å²) in [5.41, 5.74) is 1.36. The van der Waals surface area contributed by atoms with Crippen LogP contribution in [0.25, 0.3) is 0 Å². The Kier molecular flexibility index (Phi) is 7.13. The van der Waals surface area contributed by atoms with Gasteiger partial charge in [0.05, 0.1) is 5.01 Å². The van der Waals surface area contributed by atoms with Crippen molar-refractivity contribution in [1.29, 1.82) is 0 Å². The second kappa shape index (κ2) is 8.11. The summed E-state index contributed by atoms with van der Waals surface area (Å²) in [4.78, 5) is 7.27. The van der Waals surface area contributed by atoms with Gasteiger partial charge in [-0.1, -0.05) is 27.7 Å². The van der Waals surface area contributed by atoms with Gasteiger partial charge in [-0.3, -0.25) is 4.90 Å². The van der Waals surface area contributed by atoms with Gasteiger partial charge in [0.2, 0.25) is 0 Å². The summed E-state index contributed by atoms with van der Waals surface area (Å²) in [5.74, 6) is 0. The van der Waals surface area contributed by atoms with Crippen LogP contribution in [-0.2, 0) is 6.42 Å². The van der Waals surface area contributed by atoms with Crippen molar-refractivity contribution >= 4 is 11.3 Å². The van der Waals surface area contributed by atoms with E-state index in [0.29, 0.717) is 6.04 Å². The van der Waals surface area contributed by atoms with Gasteiger partial charge in [0, 0.05) is 29.1 Å². The lowest BCUT2D eigenvalue weighted by molar-refractivity contribution is 0.0519. The van der Waals surface area contributed by atoms with Crippen LogP contribution in [0.5, 0.6) is 0 Å². The lowest BCUT2D eigenvalue weighted by Crippen LogP contribution is -2.61. The van der Waals surface area contributed by atoms with Gasteiger partial charge >= 0.3 is 0 Å². The van der Waals surface area contributed by atoms with E-state index in [0.717, 1.165) is 25.2 Å². The van der Waals surface area contributed by atoms with E-state index in [9.17, 15) is 0 Å². The first-order valence-corrected chi connectivity index (χ1v) is 8.79. The normalized spacial score (nSPS) is 13.9. The maximum Gasteiger partial charge on any atom is 0.0944 e. The molecule has 116 valence electrons. The summed E-state index contributed by atoms with van der Waals surface area (Å²) >= 11 is 1.79. The van der Waals surface area contributed by atoms with Crippen LogP contribution in [0.1, 0.15) is 51.2 Å². The average Bonchev–Trinajstić information content (AvgIpc) is 2.88. The number of rotatable bonds is 9. The molecule has 0 fully saturated rings. The second-order valence-electron chi connectivity index (χ2n) is 5.41. The van der Waals surface area contributed by atoms with Crippen molar-refractivity contribution in [1.82, 2.24) is 15.2 Å². The standard InChI is InChI=1S/C16H31N3S/c1-7-16(8-2,19(9-3)10-4)14(17-6)11-15-18-13(5)12-20-15/h12,14,17H,7-11H2,1-6H3. The van der Waals surface area contributed by atoms with Crippen molar-refractivity contribution in [3.8, 4) is 0 Å². The highest BCUT2D eigenvalue weighted by Gasteiger charge is 2.39. The molecule has 0 bridgehead atoms. The van der Waals surface area contributed by atoms with Crippen LogP contribution in [0.15, 0.2) is 5.38 Å². The van der Waals surface area contributed by atoms with Gasteiger partial charge in [-0.2, -0.15) is 0 Å². The molecule has 1 heterocycles. The van der Waals surface area contributed by atoms with E-state index in [1.165, 1.54) is 17.8 Å². The fourth-order valence-corrected chi connectivity index (χ4v) is 4.31. The fraction of sp³-hybridized carbons (Fsp3) is 0.812. The van der Waals surface area contributed by atoms with Gasteiger partial charge in [-0.15, -0.1) is 11.3 Å². The number of likely N-dealkylation sites (N-methyl/N-ethyl adjacent to an activating group) is 2. The molecule has 1 atom stereocenters. The number of thiazole rings is 1. The second-order valence-corrected chi connectivity index (χ2v) is 6.35. The average molecular weight is 298 g/mol. The van der Waals surface area contributed by atoms with Crippen LogP contribution in [0.4, 0.5) is 0 Å². The van der Waals surface area contributed by atoms with Crippen molar-refractivity contribution in [2.45, 2.75) is 65.5 Å². The molecule has 3 nitrogen and oxygen atoms in total. The zero-order valence-electron chi connectivity index (χ0n) is 14.0. The number of nitrogens with one attached hydrogen (secondary N) is 1. The molecule has 1 N–H and O–H groups in total. The highest BCUT2D eigenvalue weighted by Crippen LogP contribution is 2.30. The Morgan fingerprint density at radius 2 is 1.85 bits per heavy atom. The van der Waals surface area contributed by atoms with Crippen molar-refractivity contribution in [2.24, 2.45) is 0 Å². The lowest BCUT2D eigenvalue weighted by Gasteiger charge is -2.48. The largest absolute Gasteiger partial charge is 0.315 e. The minimum absolute atomic E-state index is 0.220. The minimum Gasteiger partial charge on any atom is -0.315 e. The maximum atomic E-state index is 4.65. The number of aryl methyl sites for hydroxylation is 1. The Balaban J connectivity index is 3.01. The van der Waals surface area contributed by atoms with Gasteiger partial charge in [0.25, 0.3) is 0 Å². The first-order valence-electron chi connectivity index (χ1n) is 7.91. The Morgan fingerprint density at radius 3 is 2.20 bits per heavy atom. The molecule has 1 rings (SSSR count). The molecule has 0 saturated heterocycles. The van der Waals surface area contributed by atoms with Crippen molar-refractivity contribution < 1.29 is 0 Å². The van der Waals surface area contributed by atoms with Gasteiger partial charge in [0.15, 0.2) is 0 Å². The molecular formula is C16H31N3S. The maximum absolute atomic E-state index is 4.65. The summed E-state index contributed by atoms with van der Waals surface area (Å²) in [6, 6.07) is 0.447. The summed E-state index contributed by atoms with van der Waals surface area (Å²) in [6.07, 6.45) is 3.36. The van der Waals surface area contributed by atoms with E-state index in [4.69, 9.17) is 0 Å². The van der Waals surface area contributed by atoms with Crippen LogP contribution < -0.4 is 5.32 Å². The number of hydrogen-bond donors (Lipinski definition) is 1.